The molecule has 0 aliphatic carbocycles. The van der Waals surface area contributed by atoms with E-state index in [-0.39, 0.29) is 11.7 Å². The molecular formula is C23H24N6O3S. The Balaban J connectivity index is 1.61. The number of pyridine rings is 2. The smallest absolute Gasteiger partial charge is 0.233 e. The average molecular weight is 465 g/mol. The molecule has 10 heteroatoms. The van der Waals surface area contributed by atoms with Crippen molar-refractivity contribution >= 4 is 49.8 Å². The van der Waals surface area contributed by atoms with Crippen LogP contribution in [0.3, 0.4) is 0 Å². The molecule has 0 spiro atoms. The number of sulfonamides is 1. The van der Waals surface area contributed by atoms with E-state index in [4.69, 9.17) is 0 Å². The molecule has 0 radical (unpaired) electrons. The lowest BCUT2D eigenvalue weighted by Crippen LogP contribution is -2.17. The first-order valence-electron chi connectivity index (χ1n) is 10.4. The molecule has 0 aliphatic heterocycles. The number of rotatable bonds is 8. The van der Waals surface area contributed by atoms with Crippen LogP contribution in [0.2, 0.25) is 0 Å². The van der Waals surface area contributed by atoms with Gasteiger partial charge in [0, 0.05) is 53.9 Å². The summed E-state index contributed by atoms with van der Waals surface area (Å²) in [5, 5.41) is 6.97. The van der Waals surface area contributed by atoms with Crippen molar-refractivity contribution in [1.29, 1.82) is 0 Å². The first kappa shape index (κ1) is 22.3. The summed E-state index contributed by atoms with van der Waals surface area (Å²) in [4.78, 5) is 20.0. The zero-order chi connectivity index (χ0) is 23.4. The van der Waals surface area contributed by atoms with Gasteiger partial charge in [0.05, 0.1) is 17.8 Å². The van der Waals surface area contributed by atoms with Gasteiger partial charge in [-0.2, -0.15) is 0 Å². The molecule has 1 amide bonds. The minimum atomic E-state index is -3.44. The molecule has 9 nitrogen and oxygen atoms in total. The molecule has 3 N–H and O–H groups in total. The molecule has 4 aromatic rings. The van der Waals surface area contributed by atoms with Crippen molar-refractivity contribution in [3.05, 3.63) is 72.7 Å². The highest BCUT2D eigenvalue weighted by atomic mass is 32.2. The molecule has 33 heavy (non-hydrogen) atoms. The van der Waals surface area contributed by atoms with Crippen molar-refractivity contribution in [3.8, 4) is 0 Å². The summed E-state index contributed by atoms with van der Waals surface area (Å²) in [6, 6.07) is 14.9. The summed E-state index contributed by atoms with van der Waals surface area (Å²) in [6.45, 7) is 3.47. The van der Waals surface area contributed by atoms with Gasteiger partial charge in [0.2, 0.25) is 15.9 Å². The summed E-state index contributed by atoms with van der Waals surface area (Å²) in [5.41, 5.74) is 3.16. The highest BCUT2D eigenvalue weighted by molar-refractivity contribution is 7.92. The van der Waals surface area contributed by atoms with Crippen molar-refractivity contribution < 1.29 is 13.2 Å². The summed E-state index contributed by atoms with van der Waals surface area (Å²) in [6.07, 6.45) is 5.26. The number of benzene rings is 1. The van der Waals surface area contributed by atoms with Gasteiger partial charge in [-0.15, -0.1) is 0 Å². The molecule has 170 valence electrons. The molecule has 0 aliphatic rings. The SMILES string of the molecule is CCS(=O)(=O)Nc1ncccc1Cn1ccc2cnc(Nc3cccc(NC(C)=O)c3)cc21. The van der Waals surface area contributed by atoms with E-state index in [9.17, 15) is 13.2 Å². The van der Waals surface area contributed by atoms with Crippen molar-refractivity contribution in [2.75, 3.05) is 21.1 Å². The normalized spacial score (nSPS) is 11.3. The fourth-order valence-electron chi connectivity index (χ4n) is 3.38. The largest absolute Gasteiger partial charge is 0.343 e. The number of hydrogen-bond acceptors (Lipinski definition) is 6. The van der Waals surface area contributed by atoms with E-state index in [0.717, 1.165) is 22.2 Å². The molecule has 0 saturated carbocycles. The van der Waals surface area contributed by atoms with Crippen LogP contribution in [0.15, 0.2) is 67.1 Å². The highest BCUT2D eigenvalue weighted by Gasteiger charge is 2.13. The second kappa shape index (κ2) is 9.29. The molecule has 0 fully saturated rings. The minimum absolute atomic E-state index is 0.0285. The number of hydrogen-bond donors (Lipinski definition) is 3. The number of aromatic nitrogens is 3. The van der Waals surface area contributed by atoms with E-state index in [2.05, 4.69) is 25.3 Å². The first-order valence-corrected chi connectivity index (χ1v) is 12.0. The summed E-state index contributed by atoms with van der Waals surface area (Å²) in [7, 11) is -3.44. The Bertz CT molecular complexity index is 1410. The lowest BCUT2D eigenvalue weighted by atomic mass is 10.2. The van der Waals surface area contributed by atoms with Crippen molar-refractivity contribution in [1.82, 2.24) is 14.5 Å². The molecule has 0 atom stereocenters. The van der Waals surface area contributed by atoms with Gasteiger partial charge in [-0.3, -0.25) is 9.52 Å². The second-order valence-corrected chi connectivity index (χ2v) is 9.49. The third-order valence-electron chi connectivity index (χ3n) is 4.97. The number of nitrogens with one attached hydrogen (secondary N) is 3. The monoisotopic (exact) mass is 464 g/mol. The maximum atomic E-state index is 12.0. The Hall–Kier alpha value is -3.92. The number of carbonyl (C=O) groups excluding carboxylic acids is 1. The van der Waals surface area contributed by atoms with Gasteiger partial charge in [0.15, 0.2) is 0 Å². The molecule has 4 rings (SSSR count). The number of anilines is 4. The van der Waals surface area contributed by atoms with E-state index < -0.39 is 10.0 Å². The number of carbonyl (C=O) groups is 1. The summed E-state index contributed by atoms with van der Waals surface area (Å²) < 4.78 is 28.6. The molecule has 0 bridgehead atoms. The Labute approximate surface area is 191 Å². The molecule has 0 unspecified atom stereocenters. The fraction of sp³-hybridized carbons (Fsp3) is 0.174. The van der Waals surface area contributed by atoms with Gasteiger partial charge in [0.25, 0.3) is 0 Å². The van der Waals surface area contributed by atoms with Crippen molar-refractivity contribution in [2.24, 2.45) is 0 Å². The van der Waals surface area contributed by atoms with Crippen LogP contribution in [-0.2, 0) is 21.4 Å². The van der Waals surface area contributed by atoms with Gasteiger partial charge in [0.1, 0.15) is 11.6 Å². The summed E-state index contributed by atoms with van der Waals surface area (Å²) >= 11 is 0. The number of fused-ring (bicyclic) bond motifs is 1. The Kier molecular flexibility index (Phi) is 6.27. The van der Waals surface area contributed by atoms with Gasteiger partial charge in [-0.25, -0.2) is 18.4 Å². The van der Waals surface area contributed by atoms with Crippen LogP contribution in [0.4, 0.5) is 23.0 Å². The van der Waals surface area contributed by atoms with Crippen molar-refractivity contribution in [2.45, 2.75) is 20.4 Å². The quantitative estimate of drug-likeness (QED) is 0.363. The first-order chi connectivity index (χ1) is 15.8. The highest BCUT2D eigenvalue weighted by Crippen LogP contribution is 2.24. The molecule has 3 aromatic heterocycles. The van der Waals surface area contributed by atoms with E-state index in [1.54, 1.807) is 25.4 Å². The van der Waals surface area contributed by atoms with E-state index in [1.807, 2.05) is 53.2 Å². The van der Waals surface area contributed by atoms with Crippen LogP contribution in [-0.4, -0.2) is 34.6 Å². The predicted octanol–water partition coefficient (Wildman–Crippen LogP) is 3.94. The van der Waals surface area contributed by atoms with E-state index in [0.29, 0.717) is 23.9 Å². The van der Waals surface area contributed by atoms with Crippen LogP contribution in [0.5, 0.6) is 0 Å². The third kappa shape index (κ3) is 5.47. The van der Waals surface area contributed by atoms with Crippen LogP contribution in [0.25, 0.3) is 10.9 Å². The minimum Gasteiger partial charge on any atom is -0.343 e. The zero-order valence-electron chi connectivity index (χ0n) is 18.2. The van der Waals surface area contributed by atoms with Gasteiger partial charge < -0.3 is 15.2 Å². The van der Waals surface area contributed by atoms with Crippen LogP contribution >= 0.6 is 0 Å². The predicted molar refractivity (Wildman–Crippen MR) is 130 cm³/mol. The van der Waals surface area contributed by atoms with E-state index >= 15 is 0 Å². The second-order valence-electron chi connectivity index (χ2n) is 7.48. The fourth-order valence-corrected chi connectivity index (χ4v) is 4.00. The zero-order valence-corrected chi connectivity index (χ0v) is 19.1. The average Bonchev–Trinajstić information content (AvgIpc) is 3.17. The van der Waals surface area contributed by atoms with Crippen LogP contribution < -0.4 is 15.4 Å². The maximum Gasteiger partial charge on any atom is 0.233 e. The molecular weight excluding hydrogens is 440 g/mol. The summed E-state index contributed by atoms with van der Waals surface area (Å²) in [5.74, 6) is 0.795. The van der Waals surface area contributed by atoms with E-state index in [1.165, 1.54) is 6.92 Å². The Morgan fingerprint density at radius 3 is 2.67 bits per heavy atom. The van der Waals surface area contributed by atoms with Gasteiger partial charge >= 0.3 is 0 Å². The molecule has 1 aromatic carbocycles. The number of nitrogens with zero attached hydrogens (tertiary/aromatic N) is 3. The lowest BCUT2D eigenvalue weighted by molar-refractivity contribution is -0.114. The van der Waals surface area contributed by atoms with Crippen LogP contribution in [0.1, 0.15) is 19.4 Å². The maximum absolute atomic E-state index is 12.0. The standard InChI is InChI=1S/C23H24N6O3S/c1-3-33(31,32)28-23-18(6-5-10-24-23)15-29-11-9-17-14-25-22(13-21(17)29)27-20-8-4-7-19(12-20)26-16(2)30/h4-14H,3,15H2,1-2H3,(H,24,28)(H,25,27)(H,26,30). The molecule has 0 saturated heterocycles. The molecule has 3 heterocycles. The van der Waals surface area contributed by atoms with Crippen LogP contribution in [0, 0.1) is 0 Å². The number of amides is 1. The van der Waals surface area contributed by atoms with Gasteiger partial charge in [-0.05, 0) is 37.3 Å². The van der Waals surface area contributed by atoms with Crippen molar-refractivity contribution in [3.63, 3.8) is 0 Å². The Morgan fingerprint density at radius 1 is 1.06 bits per heavy atom. The topological polar surface area (TPSA) is 118 Å². The lowest BCUT2D eigenvalue weighted by Gasteiger charge is -2.13. The Morgan fingerprint density at radius 2 is 1.88 bits per heavy atom. The third-order valence-corrected chi connectivity index (χ3v) is 6.24. The van der Waals surface area contributed by atoms with Gasteiger partial charge in [-0.1, -0.05) is 12.1 Å².